The van der Waals surface area contributed by atoms with Crippen molar-refractivity contribution < 1.29 is 4.74 Å². The quantitative estimate of drug-likeness (QED) is 0.740. The molecule has 3 nitrogen and oxygen atoms in total. The van der Waals surface area contributed by atoms with Crippen molar-refractivity contribution in [2.24, 2.45) is 0 Å². The zero-order valence-corrected chi connectivity index (χ0v) is 13.8. The van der Waals surface area contributed by atoms with Gasteiger partial charge in [0, 0.05) is 11.6 Å². The standard InChI is InChI=1S/C17H34N2O/c1-4-11-18-16(14-20-15(2)3)17(9-5-6-10-17)19-12-7-8-13-19/h15-16,18H,4-14H2,1-3H3. The summed E-state index contributed by atoms with van der Waals surface area (Å²) in [6.07, 6.45) is 9.80. The summed E-state index contributed by atoms with van der Waals surface area (Å²) in [5.41, 5.74) is 0.376. The second-order valence-electron chi connectivity index (χ2n) is 6.89. The Morgan fingerprint density at radius 2 is 1.75 bits per heavy atom. The highest BCUT2D eigenvalue weighted by Crippen LogP contribution is 2.40. The summed E-state index contributed by atoms with van der Waals surface area (Å²) >= 11 is 0. The molecule has 0 spiro atoms. The lowest BCUT2D eigenvalue weighted by molar-refractivity contribution is -0.000934. The van der Waals surface area contributed by atoms with Gasteiger partial charge in [-0.25, -0.2) is 0 Å². The van der Waals surface area contributed by atoms with Crippen LogP contribution in [0.5, 0.6) is 0 Å². The van der Waals surface area contributed by atoms with Gasteiger partial charge in [-0.3, -0.25) is 4.90 Å². The molecule has 0 aromatic carbocycles. The molecule has 1 saturated carbocycles. The molecule has 0 radical (unpaired) electrons. The summed E-state index contributed by atoms with van der Waals surface area (Å²) in [6, 6.07) is 0.505. The first kappa shape index (κ1) is 16.3. The van der Waals surface area contributed by atoms with Crippen LogP contribution < -0.4 is 5.32 Å². The number of nitrogens with one attached hydrogen (secondary N) is 1. The molecule has 118 valence electrons. The topological polar surface area (TPSA) is 24.5 Å². The number of ether oxygens (including phenoxy) is 1. The molecule has 1 heterocycles. The van der Waals surface area contributed by atoms with E-state index in [1.807, 2.05) is 0 Å². The van der Waals surface area contributed by atoms with Crippen LogP contribution in [0.1, 0.15) is 65.7 Å². The number of nitrogens with zero attached hydrogens (tertiary/aromatic N) is 1. The fourth-order valence-corrected chi connectivity index (χ4v) is 4.05. The monoisotopic (exact) mass is 282 g/mol. The zero-order chi connectivity index (χ0) is 14.4. The van der Waals surface area contributed by atoms with Gasteiger partial charge in [-0.05, 0) is 65.6 Å². The minimum absolute atomic E-state index is 0.331. The van der Waals surface area contributed by atoms with Crippen LogP contribution in [0.25, 0.3) is 0 Å². The van der Waals surface area contributed by atoms with Crippen LogP contribution in [-0.4, -0.2) is 48.8 Å². The Morgan fingerprint density at radius 3 is 2.30 bits per heavy atom. The van der Waals surface area contributed by atoms with Crippen molar-refractivity contribution in [2.45, 2.75) is 83.4 Å². The van der Waals surface area contributed by atoms with Gasteiger partial charge in [0.05, 0.1) is 12.7 Å². The van der Waals surface area contributed by atoms with Gasteiger partial charge in [-0.1, -0.05) is 19.8 Å². The van der Waals surface area contributed by atoms with E-state index < -0.39 is 0 Å². The molecule has 2 aliphatic rings. The van der Waals surface area contributed by atoms with Crippen LogP contribution in [0.3, 0.4) is 0 Å². The lowest BCUT2D eigenvalue weighted by atomic mass is 9.86. The van der Waals surface area contributed by atoms with Gasteiger partial charge in [-0.15, -0.1) is 0 Å². The van der Waals surface area contributed by atoms with Crippen molar-refractivity contribution in [3.05, 3.63) is 0 Å². The van der Waals surface area contributed by atoms with E-state index in [1.165, 1.54) is 58.0 Å². The van der Waals surface area contributed by atoms with Crippen LogP contribution >= 0.6 is 0 Å². The summed E-state index contributed by atoms with van der Waals surface area (Å²) in [5, 5.41) is 3.82. The number of rotatable bonds is 8. The molecule has 1 saturated heterocycles. The summed E-state index contributed by atoms with van der Waals surface area (Å²) < 4.78 is 6.01. The molecule has 3 heteroatoms. The molecule has 0 aromatic heterocycles. The molecule has 20 heavy (non-hydrogen) atoms. The number of hydrogen-bond acceptors (Lipinski definition) is 3. The third-order valence-corrected chi connectivity index (χ3v) is 5.09. The molecule has 1 unspecified atom stereocenters. The van der Waals surface area contributed by atoms with Crippen LogP contribution in [0.2, 0.25) is 0 Å². The average Bonchev–Trinajstić information content (AvgIpc) is 3.10. The molecule has 1 aliphatic heterocycles. The summed E-state index contributed by atoms with van der Waals surface area (Å²) in [7, 11) is 0. The van der Waals surface area contributed by atoms with Gasteiger partial charge < -0.3 is 10.1 Å². The van der Waals surface area contributed by atoms with E-state index in [9.17, 15) is 0 Å². The largest absolute Gasteiger partial charge is 0.377 e. The lowest BCUT2D eigenvalue weighted by Crippen LogP contribution is -2.61. The first-order chi connectivity index (χ1) is 9.69. The molecule has 0 bridgehead atoms. The SMILES string of the molecule is CCCNC(COC(C)C)C1(N2CCCC2)CCCC1. The van der Waals surface area contributed by atoms with E-state index in [0.717, 1.165) is 13.2 Å². The zero-order valence-electron chi connectivity index (χ0n) is 13.8. The third-order valence-electron chi connectivity index (χ3n) is 5.09. The summed E-state index contributed by atoms with van der Waals surface area (Å²) in [4.78, 5) is 2.79. The maximum absolute atomic E-state index is 6.01. The Balaban J connectivity index is 2.07. The number of hydrogen-bond donors (Lipinski definition) is 1. The normalized spacial score (nSPS) is 24.6. The van der Waals surface area contributed by atoms with Crippen molar-refractivity contribution in [1.29, 1.82) is 0 Å². The molecule has 2 fully saturated rings. The van der Waals surface area contributed by atoms with Crippen LogP contribution in [0.15, 0.2) is 0 Å². The van der Waals surface area contributed by atoms with Gasteiger partial charge in [0.15, 0.2) is 0 Å². The Kier molecular flexibility index (Phi) is 6.31. The van der Waals surface area contributed by atoms with Crippen molar-refractivity contribution in [3.63, 3.8) is 0 Å². The molecule has 1 N–H and O–H groups in total. The van der Waals surface area contributed by atoms with Gasteiger partial charge >= 0.3 is 0 Å². The average molecular weight is 282 g/mol. The maximum Gasteiger partial charge on any atom is 0.0641 e. The maximum atomic E-state index is 6.01. The van der Waals surface area contributed by atoms with Crippen molar-refractivity contribution in [1.82, 2.24) is 10.2 Å². The molecular formula is C17H34N2O. The first-order valence-corrected chi connectivity index (χ1v) is 8.79. The van der Waals surface area contributed by atoms with E-state index in [0.29, 0.717) is 17.7 Å². The third kappa shape index (κ3) is 3.75. The second-order valence-corrected chi connectivity index (χ2v) is 6.89. The minimum Gasteiger partial charge on any atom is -0.377 e. The fourth-order valence-electron chi connectivity index (χ4n) is 4.05. The first-order valence-electron chi connectivity index (χ1n) is 8.79. The van der Waals surface area contributed by atoms with E-state index in [2.05, 4.69) is 31.0 Å². The van der Waals surface area contributed by atoms with Crippen molar-refractivity contribution in [3.8, 4) is 0 Å². The van der Waals surface area contributed by atoms with E-state index in [4.69, 9.17) is 4.74 Å². The van der Waals surface area contributed by atoms with Gasteiger partial charge in [0.2, 0.25) is 0 Å². The minimum atomic E-state index is 0.331. The Labute approximate surface area is 125 Å². The highest BCUT2D eigenvalue weighted by Gasteiger charge is 2.46. The Morgan fingerprint density at radius 1 is 1.10 bits per heavy atom. The van der Waals surface area contributed by atoms with E-state index in [-0.39, 0.29) is 0 Å². The number of likely N-dealkylation sites (tertiary alicyclic amines) is 1. The smallest absolute Gasteiger partial charge is 0.0641 e. The van der Waals surface area contributed by atoms with E-state index in [1.54, 1.807) is 0 Å². The van der Waals surface area contributed by atoms with Gasteiger partial charge in [-0.2, -0.15) is 0 Å². The predicted molar refractivity (Wildman–Crippen MR) is 85.2 cm³/mol. The van der Waals surface area contributed by atoms with Crippen LogP contribution in [0.4, 0.5) is 0 Å². The molecule has 1 aliphatic carbocycles. The summed E-state index contributed by atoms with van der Waals surface area (Å²) in [6.45, 7) is 11.1. The molecule has 1 atom stereocenters. The van der Waals surface area contributed by atoms with Gasteiger partial charge in [0.25, 0.3) is 0 Å². The Bertz CT molecular complexity index is 268. The summed E-state index contributed by atoms with van der Waals surface area (Å²) in [5.74, 6) is 0. The van der Waals surface area contributed by atoms with E-state index >= 15 is 0 Å². The Hall–Kier alpha value is -0.120. The highest BCUT2D eigenvalue weighted by molar-refractivity contribution is 5.04. The molecule has 0 aromatic rings. The molecular weight excluding hydrogens is 248 g/mol. The predicted octanol–water partition coefficient (Wildman–Crippen LogP) is 3.19. The van der Waals surface area contributed by atoms with Crippen LogP contribution in [-0.2, 0) is 4.74 Å². The van der Waals surface area contributed by atoms with Crippen LogP contribution in [0, 0.1) is 0 Å². The van der Waals surface area contributed by atoms with Gasteiger partial charge in [0.1, 0.15) is 0 Å². The fraction of sp³-hybridized carbons (Fsp3) is 1.00. The van der Waals surface area contributed by atoms with Crippen molar-refractivity contribution >= 4 is 0 Å². The highest BCUT2D eigenvalue weighted by atomic mass is 16.5. The molecule has 0 amide bonds. The second kappa shape index (κ2) is 7.77. The molecule has 2 rings (SSSR count). The van der Waals surface area contributed by atoms with Crippen molar-refractivity contribution in [2.75, 3.05) is 26.2 Å². The lowest BCUT2D eigenvalue weighted by Gasteiger charge is -2.45.